The highest BCUT2D eigenvalue weighted by Crippen LogP contribution is 2.12. The summed E-state index contributed by atoms with van der Waals surface area (Å²) in [6, 6.07) is 12.9. The lowest BCUT2D eigenvalue weighted by Crippen LogP contribution is -2.49. The zero-order valence-corrected chi connectivity index (χ0v) is 13.4. The number of hydrogen-bond donors (Lipinski definition) is 1. The number of nitrogens with one attached hydrogen (secondary N) is 1. The zero-order valence-electron chi connectivity index (χ0n) is 13.4. The maximum Gasteiger partial charge on any atom is 0.321 e. The lowest BCUT2D eigenvalue weighted by molar-refractivity contribution is 0.143. The molecule has 1 saturated heterocycles. The summed E-state index contributed by atoms with van der Waals surface area (Å²) in [6.07, 6.45) is 3.60. The molecule has 0 atom stereocenters. The Bertz CT molecular complexity index is 715. The summed E-state index contributed by atoms with van der Waals surface area (Å²) in [5, 5.41) is 11.7. The number of benzene rings is 1. The van der Waals surface area contributed by atoms with E-state index in [1.54, 1.807) is 36.7 Å². The van der Waals surface area contributed by atoms with Crippen molar-refractivity contribution in [2.24, 2.45) is 0 Å². The summed E-state index contributed by atoms with van der Waals surface area (Å²) in [5.41, 5.74) is 2.52. The molecule has 2 amide bonds. The van der Waals surface area contributed by atoms with Gasteiger partial charge in [-0.15, -0.1) is 0 Å². The molecule has 0 saturated carbocycles. The van der Waals surface area contributed by atoms with Crippen LogP contribution in [0.3, 0.4) is 0 Å². The number of anilines is 1. The highest BCUT2D eigenvalue weighted by atomic mass is 16.2. The predicted molar refractivity (Wildman–Crippen MR) is 91.3 cm³/mol. The van der Waals surface area contributed by atoms with Crippen molar-refractivity contribution < 1.29 is 4.79 Å². The van der Waals surface area contributed by atoms with Gasteiger partial charge in [0.25, 0.3) is 0 Å². The van der Waals surface area contributed by atoms with Gasteiger partial charge in [0.2, 0.25) is 0 Å². The number of pyridine rings is 1. The van der Waals surface area contributed by atoms with Crippen molar-refractivity contribution in [3.8, 4) is 6.07 Å². The van der Waals surface area contributed by atoms with E-state index in [9.17, 15) is 4.79 Å². The minimum absolute atomic E-state index is 0.0942. The smallest absolute Gasteiger partial charge is 0.321 e. The SMILES string of the molecule is N#Cc1ccc(NC(=O)N2CCN(Cc3ccncc3)CC2)cc1. The summed E-state index contributed by atoms with van der Waals surface area (Å²) >= 11 is 0. The van der Waals surface area contributed by atoms with Gasteiger partial charge in [0.1, 0.15) is 0 Å². The third-order valence-electron chi connectivity index (χ3n) is 4.08. The third-order valence-corrected chi connectivity index (χ3v) is 4.08. The molecular formula is C18H19N5O. The Morgan fingerprint density at radius 2 is 1.75 bits per heavy atom. The Balaban J connectivity index is 1.48. The molecule has 6 nitrogen and oxygen atoms in total. The second kappa shape index (κ2) is 7.57. The molecule has 6 heteroatoms. The molecular weight excluding hydrogens is 302 g/mol. The molecule has 0 unspecified atom stereocenters. The number of hydrogen-bond acceptors (Lipinski definition) is 4. The Labute approximate surface area is 141 Å². The molecule has 1 N–H and O–H groups in total. The first-order valence-corrected chi connectivity index (χ1v) is 7.92. The van der Waals surface area contributed by atoms with E-state index in [0.29, 0.717) is 24.3 Å². The van der Waals surface area contributed by atoms with Crippen LogP contribution in [-0.2, 0) is 6.54 Å². The van der Waals surface area contributed by atoms with Crippen LogP contribution in [0.25, 0.3) is 0 Å². The lowest BCUT2D eigenvalue weighted by atomic mass is 10.2. The highest BCUT2D eigenvalue weighted by Gasteiger charge is 2.21. The number of urea groups is 1. The van der Waals surface area contributed by atoms with Gasteiger partial charge in [0, 0.05) is 50.8 Å². The van der Waals surface area contributed by atoms with Crippen molar-refractivity contribution in [3.05, 3.63) is 59.9 Å². The van der Waals surface area contributed by atoms with Crippen molar-refractivity contribution in [1.29, 1.82) is 5.26 Å². The first-order chi connectivity index (χ1) is 11.7. The first-order valence-electron chi connectivity index (χ1n) is 7.92. The number of piperazine rings is 1. The minimum Gasteiger partial charge on any atom is -0.322 e. The molecule has 0 spiro atoms. The average molecular weight is 321 g/mol. The minimum atomic E-state index is -0.0942. The summed E-state index contributed by atoms with van der Waals surface area (Å²) in [5.74, 6) is 0. The van der Waals surface area contributed by atoms with Gasteiger partial charge in [0.15, 0.2) is 0 Å². The van der Waals surface area contributed by atoms with Crippen molar-refractivity contribution in [3.63, 3.8) is 0 Å². The van der Waals surface area contributed by atoms with E-state index in [4.69, 9.17) is 5.26 Å². The summed E-state index contributed by atoms with van der Waals surface area (Å²) in [6.45, 7) is 3.99. The maximum atomic E-state index is 12.3. The quantitative estimate of drug-likeness (QED) is 0.941. The van der Waals surface area contributed by atoms with Crippen LogP contribution in [0.4, 0.5) is 10.5 Å². The van der Waals surface area contributed by atoms with E-state index in [2.05, 4.69) is 21.3 Å². The molecule has 1 fully saturated rings. The predicted octanol–water partition coefficient (Wildman–Crippen LogP) is 2.30. The van der Waals surface area contributed by atoms with Crippen LogP contribution in [0.1, 0.15) is 11.1 Å². The molecule has 2 heterocycles. The first kappa shape index (κ1) is 16.0. The standard InChI is InChI=1S/C18H19N5O/c19-13-15-1-3-17(4-2-15)21-18(24)23-11-9-22(10-12-23)14-16-5-7-20-8-6-16/h1-8H,9-12,14H2,(H,21,24). The Hall–Kier alpha value is -2.91. The van der Waals surface area contributed by atoms with Gasteiger partial charge in [-0.1, -0.05) is 0 Å². The average Bonchev–Trinajstić information content (AvgIpc) is 2.64. The van der Waals surface area contributed by atoms with Gasteiger partial charge in [-0.2, -0.15) is 5.26 Å². The van der Waals surface area contributed by atoms with Gasteiger partial charge < -0.3 is 10.2 Å². The number of nitrogens with zero attached hydrogens (tertiary/aromatic N) is 4. The van der Waals surface area contributed by atoms with E-state index >= 15 is 0 Å². The van der Waals surface area contributed by atoms with Gasteiger partial charge >= 0.3 is 6.03 Å². The van der Waals surface area contributed by atoms with Gasteiger partial charge in [0.05, 0.1) is 11.6 Å². The molecule has 122 valence electrons. The Kier molecular flexibility index (Phi) is 5.04. The molecule has 1 aromatic carbocycles. The Morgan fingerprint density at radius 1 is 1.08 bits per heavy atom. The summed E-state index contributed by atoms with van der Waals surface area (Å²) in [7, 11) is 0. The van der Waals surface area contributed by atoms with Gasteiger partial charge in [-0.25, -0.2) is 4.79 Å². The highest BCUT2D eigenvalue weighted by molar-refractivity contribution is 5.89. The van der Waals surface area contributed by atoms with Gasteiger partial charge in [-0.05, 0) is 42.0 Å². The van der Waals surface area contributed by atoms with Crippen LogP contribution in [0.15, 0.2) is 48.8 Å². The second-order valence-electron chi connectivity index (χ2n) is 5.74. The van der Waals surface area contributed by atoms with Crippen LogP contribution in [0.2, 0.25) is 0 Å². The maximum absolute atomic E-state index is 12.3. The van der Waals surface area contributed by atoms with Crippen molar-refractivity contribution in [2.45, 2.75) is 6.54 Å². The van der Waals surface area contributed by atoms with Crippen LogP contribution in [0, 0.1) is 11.3 Å². The molecule has 1 aliphatic heterocycles. The lowest BCUT2D eigenvalue weighted by Gasteiger charge is -2.34. The number of nitriles is 1. The molecule has 0 bridgehead atoms. The molecule has 0 aliphatic carbocycles. The van der Waals surface area contributed by atoms with E-state index in [1.807, 2.05) is 17.0 Å². The number of amides is 2. The van der Waals surface area contributed by atoms with E-state index in [-0.39, 0.29) is 6.03 Å². The fourth-order valence-corrected chi connectivity index (χ4v) is 2.69. The second-order valence-corrected chi connectivity index (χ2v) is 5.74. The van der Waals surface area contributed by atoms with Crippen molar-refractivity contribution in [1.82, 2.24) is 14.8 Å². The number of aromatic nitrogens is 1. The van der Waals surface area contributed by atoms with Crippen LogP contribution in [-0.4, -0.2) is 47.0 Å². The topological polar surface area (TPSA) is 72.3 Å². The summed E-state index contributed by atoms with van der Waals surface area (Å²) < 4.78 is 0. The summed E-state index contributed by atoms with van der Waals surface area (Å²) in [4.78, 5) is 20.5. The van der Waals surface area contributed by atoms with Crippen molar-refractivity contribution in [2.75, 3.05) is 31.5 Å². The zero-order chi connectivity index (χ0) is 16.8. The molecule has 2 aromatic rings. The third kappa shape index (κ3) is 4.09. The normalized spacial score (nSPS) is 14.9. The molecule has 24 heavy (non-hydrogen) atoms. The van der Waals surface area contributed by atoms with Crippen molar-refractivity contribution >= 4 is 11.7 Å². The fourth-order valence-electron chi connectivity index (χ4n) is 2.69. The monoisotopic (exact) mass is 321 g/mol. The Morgan fingerprint density at radius 3 is 2.38 bits per heavy atom. The van der Waals surface area contributed by atoms with Gasteiger partial charge in [-0.3, -0.25) is 9.88 Å². The van der Waals surface area contributed by atoms with E-state index < -0.39 is 0 Å². The van der Waals surface area contributed by atoms with Crippen LogP contribution < -0.4 is 5.32 Å². The molecule has 1 aromatic heterocycles. The van der Waals surface area contributed by atoms with E-state index in [0.717, 1.165) is 19.6 Å². The number of rotatable bonds is 3. The van der Waals surface area contributed by atoms with E-state index in [1.165, 1.54) is 5.56 Å². The van der Waals surface area contributed by atoms with Crippen LogP contribution in [0.5, 0.6) is 0 Å². The molecule has 0 radical (unpaired) electrons. The number of carbonyl (C=O) groups is 1. The molecule has 1 aliphatic rings. The molecule has 3 rings (SSSR count). The number of carbonyl (C=O) groups excluding carboxylic acids is 1. The van der Waals surface area contributed by atoms with Crippen LogP contribution >= 0.6 is 0 Å². The fraction of sp³-hybridized carbons (Fsp3) is 0.278. The largest absolute Gasteiger partial charge is 0.322 e.